The van der Waals surface area contributed by atoms with E-state index in [1.54, 1.807) is 0 Å². The van der Waals surface area contributed by atoms with Gasteiger partial charge in [0.2, 0.25) is 0 Å². The molecule has 2 rings (SSSR count). The molecule has 0 radical (unpaired) electrons. The van der Waals surface area contributed by atoms with Crippen molar-refractivity contribution in [3.63, 3.8) is 0 Å². The second-order valence-electron chi connectivity index (χ2n) is 5.97. The standard InChI is InChI=1S/C16H26N2O2.C2H2O4/c1-2-18-10-6-7-14(18)11-17-12-15(19)13-20-16-8-4-3-5-9-16;3-1(4)2(5)6/h3-5,8-9,14-15,17,19H,2,6-7,10-13H2,1H3;(H,3,4)(H,5,6). The molecule has 26 heavy (non-hydrogen) atoms. The largest absolute Gasteiger partial charge is 0.491 e. The molecule has 1 heterocycles. The first-order valence-electron chi connectivity index (χ1n) is 8.71. The zero-order valence-electron chi connectivity index (χ0n) is 15.0. The van der Waals surface area contributed by atoms with Crippen LogP contribution in [0.5, 0.6) is 5.75 Å². The van der Waals surface area contributed by atoms with Gasteiger partial charge in [-0.25, -0.2) is 9.59 Å². The van der Waals surface area contributed by atoms with Crippen molar-refractivity contribution in [2.75, 3.05) is 32.8 Å². The smallest absolute Gasteiger partial charge is 0.414 e. The van der Waals surface area contributed by atoms with Crippen molar-refractivity contribution < 1.29 is 29.6 Å². The summed E-state index contributed by atoms with van der Waals surface area (Å²) in [5.74, 6) is -2.84. The number of aliphatic carboxylic acids is 2. The van der Waals surface area contributed by atoms with Crippen LogP contribution < -0.4 is 10.1 Å². The van der Waals surface area contributed by atoms with Crippen LogP contribution in [0.1, 0.15) is 19.8 Å². The van der Waals surface area contributed by atoms with Crippen molar-refractivity contribution in [1.29, 1.82) is 0 Å². The molecule has 146 valence electrons. The normalized spacial score (nSPS) is 17.8. The van der Waals surface area contributed by atoms with Gasteiger partial charge in [-0.1, -0.05) is 25.1 Å². The van der Waals surface area contributed by atoms with Crippen LogP contribution in [0.3, 0.4) is 0 Å². The molecule has 1 aromatic carbocycles. The Bertz CT molecular complexity index is 528. The molecule has 2 atom stereocenters. The summed E-state index contributed by atoms with van der Waals surface area (Å²) in [6.07, 6.45) is 2.09. The number of aliphatic hydroxyl groups excluding tert-OH is 1. The van der Waals surface area contributed by atoms with Crippen molar-refractivity contribution in [2.45, 2.75) is 31.9 Å². The van der Waals surface area contributed by atoms with Gasteiger partial charge in [0.15, 0.2) is 0 Å². The number of ether oxygens (including phenoxy) is 1. The fourth-order valence-electron chi connectivity index (χ4n) is 2.73. The molecule has 1 aromatic rings. The minimum Gasteiger partial charge on any atom is -0.491 e. The molecule has 0 saturated carbocycles. The summed E-state index contributed by atoms with van der Waals surface area (Å²) in [6.45, 7) is 6.41. The minimum atomic E-state index is -1.82. The summed E-state index contributed by atoms with van der Waals surface area (Å²) < 4.78 is 5.53. The Balaban J connectivity index is 0.000000487. The Morgan fingerprint density at radius 1 is 1.27 bits per heavy atom. The van der Waals surface area contributed by atoms with Crippen LogP contribution in [0.2, 0.25) is 0 Å². The second-order valence-corrected chi connectivity index (χ2v) is 5.97. The molecule has 8 nitrogen and oxygen atoms in total. The van der Waals surface area contributed by atoms with Crippen LogP contribution in [0.15, 0.2) is 30.3 Å². The lowest BCUT2D eigenvalue weighted by Crippen LogP contribution is -2.41. The van der Waals surface area contributed by atoms with Crippen LogP contribution in [-0.2, 0) is 9.59 Å². The lowest BCUT2D eigenvalue weighted by molar-refractivity contribution is -0.159. The monoisotopic (exact) mass is 368 g/mol. The van der Waals surface area contributed by atoms with Crippen molar-refractivity contribution in [3.05, 3.63) is 30.3 Å². The Morgan fingerprint density at radius 2 is 1.92 bits per heavy atom. The zero-order chi connectivity index (χ0) is 19.4. The predicted molar refractivity (Wildman–Crippen MR) is 96.4 cm³/mol. The minimum absolute atomic E-state index is 0.333. The zero-order valence-corrected chi connectivity index (χ0v) is 15.0. The van der Waals surface area contributed by atoms with Crippen molar-refractivity contribution in [3.8, 4) is 5.75 Å². The Kier molecular flexibility index (Phi) is 10.3. The highest BCUT2D eigenvalue weighted by Gasteiger charge is 2.22. The molecule has 0 aromatic heterocycles. The number of aliphatic hydroxyl groups is 1. The molecule has 1 aliphatic rings. The molecular formula is C18H28N2O6. The van der Waals surface area contributed by atoms with E-state index >= 15 is 0 Å². The third kappa shape index (κ3) is 8.80. The van der Waals surface area contributed by atoms with Gasteiger partial charge in [-0.05, 0) is 38.1 Å². The summed E-state index contributed by atoms with van der Waals surface area (Å²) >= 11 is 0. The van der Waals surface area contributed by atoms with Crippen LogP contribution in [0.25, 0.3) is 0 Å². The molecule has 0 spiro atoms. The van der Waals surface area contributed by atoms with E-state index in [9.17, 15) is 5.11 Å². The predicted octanol–water partition coefficient (Wildman–Crippen LogP) is 0.656. The fourth-order valence-corrected chi connectivity index (χ4v) is 2.73. The number of hydrogen-bond donors (Lipinski definition) is 4. The Hall–Kier alpha value is -2.16. The third-order valence-corrected chi connectivity index (χ3v) is 4.03. The molecule has 1 saturated heterocycles. The average molecular weight is 368 g/mol. The first kappa shape index (κ1) is 21.9. The number of benzene rings is 1. The maximum atomic E-state index is 9.91. The SMILES string of the molecule is CCN1CCCC1CNCC(O)COc1ccccc1.O=C(O)C(=O)O. The highest BCUT2D eigenvalue weighted by molar-refractivity contribution is 6.27. The lowest BCUT2D eigenvalue weighted by atomic mass is 10.2. The first-order chi connectivity index (χ1) is 12.4. The number of carboxylic acids is 2. The van der Waals surface area contributed by atoms with Crippen LogP contribution >= 0.6 is 0 Å². The van der Waals surface area contributed by atoms with Gasteiger partial charge in [-0.15, -0.1) is 0 Å². The van der Waals surface area contributed by atoms with Gasteiger partial charge in [0.05, 0.1) is 0 Å². The van der Waals surface area contributed by atoms with Gasteiger partial charge < -0.3 is 25.4 Å². The maximum Gasteiger partial charge on any atom is 0.414 e. The van der Waals surface area contributed by atoms with E-state index in [0.29, 0.717) is 19.2 Å². The van der Waals surface area contributed by atoms with Crippen LogP contribution in [0.4, 0.5) is 0 Å². The molecular weight excluding hydrogens is 340 g/mol. The van der Waals surface area contributed by atoms with Gasteiger partial charge in [0, 0.05) is 19.1 Å². The van der Waals surface area contributed by atoms with E-state index in [2.05, 4.69) is 17.1 Å². The Labute approximate surface area is 153 Å². The van der Waals surface area contributed by atoms with E-state index in [-0.39, 0.29) is 0 Å². The molecule has 4 N–H and O–H groups in total. The van der Waals surface area contributed by atoms with Gasteiger partial charge >= 0.3 is 11.9 Å². The number of likely N-dealkylation sites (tertiary alicyclic amines) is 1. The van der Waals surface area contributed by atoms with Gasteiger partial charge in [0.25, 0.3) is 0 Å². The molecule has 1 aliphatic heterocycles. The number of nitrogens with zero attached hydrogens (tertiary/aromatic N) is 1. The van der Waals surface area contributed by atoms with Crippen LogP contribution in [-0.4, -0.2) is 77.1 Å². The number of nitrogens with one attached hydrogen (secondary N) is 1. The Morgan fingerprint density at radius 3 is 2.50 bits per heavy atom. The van der Waals surface area contributed by atoms with Crippen molar-refractivity contribution >= 4 is 11.9 Å². The second kappa shape index (κ2) is 12.2. The average Bonchev–Trinajstić information content (AvgIpc) is 3.09. The van der Waals surface area contributed by atoms with E-state index in [1.165, 1.54) is 19.4 Å². The summed E-state index contributed by atoms with van der Waals surface area (Å²) in [4.78, 5) is 20.7. The van der Waals surface area contributed by atoms with E-state index in [1.807, 2.05) is 30.3 Å². The first-order valence-corrected chi connectivity index (χ1v) is 8.71. The number of likely N-dealkylation sites (N-methyl/N-ethyl adjacent to an activating group) is 1. The van der Waals surface area contributed by atoms with Gasteiger partial charge in [0.1, 0.15) is 18.5 Å². The highest BCUT2D eigenvalue weighted by Crippen LogP contribution is 2.15. The number of para-hydroxylation sites is 1. The molecule has 8 heteroatoms. The summed E-state index contributed by atoms with van der Waals surface area (Å²) in [5.41, 5.74) is 0. The summed E-state index contributed by atoms with van der Waals surface area (Å²) in [5, 5.41) is 28.0. The third-order valence-electron chi connectivity index (χ3n) is 4.03. The topological polar surface area (TPSA) is 119 Å². The highest BCUT2D eigenvalue weighted by atomic mass is 16.5. The molecule has 0 amide bonds. The number of hydrogen-bond acceptors (Lipinski definition) is 6. The van der Waals surface area contributed by atoms with E-state index < -0.39 is 18.0 Å². The summed E-state index contributed by atoms with van der Waals surface area (Å²) in [6, 6.07) is 10.2. The fraction of sp³-hybridized carbons (Fsp3) is 0.556. The molecule has 1 fully saturated rings. The number of carboxylic acid groups (broad SMARTS) is 2. The molecule has 0 bridgehead atoms. The number of carbonyl (C=O) groups is 2. The van der Waals surface area contributed by atoms with E-state index in [0.717, 1.165) is 18.8 Å². The summed E-state index contributed by atoms with van der Waals surface area (Å²) in [7, 11) is 0. The van der Waals surface area contributed by atoms with Gasteiger partial charge in [-0.2, -0.15) is 0 Å². The van der Waals surface area contributed by atoms with E-state index in [4.69, 9.17) is 24.5 Å². The lowest BCUT2D eigenvalue weighted by Gasteiger charge is -2.23. The van der Waals surface area contributed by atoms with Crippen LogP contribution in [0, 0.1) is 0 Å². The number of rotatable bonds is 8. The van der Waals surface area contributed by atoms with Crippen molar-refractivity contribution in [1.82, 2.24) is 10.2 Å². The van der Waals surface area contributed by atoms with Gasteiger partial charge in [-0.3, -0.25) is 4.90 Å². The molecule has 0 aliphatic carbocycles. The molecule has 2 unspecified atom stereocenters. The quantitative estimate of drug-likeness (QED) is 0.494. The maximum absolute atomic E-state index is 9.91. The van der Waals surface area contributed by atoms with Crippen molar-refractivity contribution in [2.24, 2.45) is 0 Å².